The normalized spacial score (nSPS) is 18.4. The molecule has 1 heterocycles. The molecule has 0 spiro atoms. The predicted octanol–water partition coefficient (Wildman–Crippen LogP) is 1.95. The fourth-order valence-corrected chi connectivity index (χ4v) is 2.88. The second kappa shape index (κ2) is 5.57. The molecule has 1 aromatic rings. The third-order valence-electron chi connectivity index (χ3n) is 3.32. The van der Waals surface area contributed by atoms with Crippen molar-refractivity contribution < 1.29 is 4.79 Å². The Morgan fingerprint density at radius 1 is 1.37 bits per heavy atom. The minimum atomic E-state index is -0.304. The monoisotopic (exact) mass is 277 g/mol. The molecule has 102 valence electrons. The number of carbonyl (C=O) groups excluding carboxylic acids is 1. The Morgan fingerprint density at radius 3 is 2.58 bits per heavy atom. The number of hydrogen-bond acceptors (Lipinski definition) is 2. The average molecular weight is 277 g/mol. The second-order valence-electron chi connectivity index (χ2n) is 5.06. The van der Waals surface area contributed by atoms with Crippen molar-refractivity contribution in [2.24, 2.45) is 5.73 Å². The van der Waals surface area contributed by atoms with E-state index < -0.39 is 0 Å². The lowest BCUT2D eigenvalue weighted by atomic mass is 10.1. The number of rotatable bonds is 2. The van der Waals surface area contributed by atoms with Gasteiger partial charge in [-0.25, -0.2) is 0 Å². The zero-order valence-electron chi connectivity index (χ0n) is 11.3. The van der Waals surface area contributed by atoms with E-state index in [0.29, 0.717) is 5.11 Å². The van der Waals surface area contributed by atoms with Gasteiger partial charge in [-0.2, -0.15) is 0 Å². The Labute approximate surface area is 119 Å². The van der Waals surface area contributed by atoms with E-state index >= 15 is 0 Å². The van der Waals surface area contributed by atoms with Gasteiger partial charge in [0.1, 0.15) is 6.04 Å². The van der Waals surface area contributed by atoms with Crippen LogP contribution in [0.15, 0.2) is 18.2 Å². The summed E-state index contributed by atoms with van der Waals surface area (Å²) in [5, 5.41) is 3.78. The van der Waals surface area contributed by atoms with Gasteiger partial charge in [0.15, 0.2) is 5.11 Å². The fourth-order valence-electron chi connectivity index (χ4n) is 2.55. The summed E-state index contributed by atoms with van der Waals surface area (Å²) >= 11 is 5.39. The molecule has 1 saturated heterocycles. The van der Waals surface area contributed by atoms with E-state index in [4.69, 9.17) is 18.0 Å². The van der Waals surface area contributed by atoms with E-state index in [2.05, 4.69) is 11.4 Å². The number of anilines is 1. The number of thiocarbonyl (C=S) groups is 1. The van der Waals surface area contributed by atoms with Gasteiger partial charge in [0, 0.05) is 12.2 Å². The van der Waals surface area contributed by atoms with Crippen LogP contribution >= 0.6 is 12.2 Å². The van der Waals surface area contributed by atoms with Crippen molar-refractivity contribution in [3.05, 3.63) is 29.3 Å². The van der Waals surface area contributed by atoms with Crippen molar-refractivity contribution in [3.63, 3.8) is 0 Å². The summed E-state index contributed by atoms with van der Waals surface area (Å²) in [4.78, 5) is 13.3. The Kier molecular flexibility index (Phi) is 4.04. The van der Waals surface area contributed by atoms with Crippen molar-refractivity contribution in [2.45, 2.75) is 32.7 Å². The smallest absolute Gasteiger partial charge is 0.240 e. The molecule has 5 heteroatoms. The molecule has 4 nitrogen and oxygen atoms in total. The van der Waals surface area contributed by atoms with Crippen molar-refractivity contribution in [2.75, 3.05) is 11.9 Å². The molecule has 3 N–H and O–H groups in total. The van der Waals surface area contributed by atoms with Crippen LogP contribution < -0.4 is 11.1 Å². The molecule has 1 amide bonds. The number of nitrogens with one attached hydrogen (secondary N) is 1. The lowest BCUT2D eigenvalue weighted by molar-refractivity contribution is -0.121. The van der Waals surface area contributed by atoms with Gasteiger partial charge in [0.2, 0.25) is 5.91 Å². The van der Waals surface area contributed by atoms with Gasteiger partial charge in [-0.3, -0.25) is 4.79 Å². The van der Waals surface area contributed by atoms with Crippen molar-refractivity contribution in [1.82, 2.24) is 4.90 Å². The highest BCUT2D eigenvalue weighted by Crippen LogP contribution is 2.20. The summed E-state index contributed by atoms with van der Waals surface area (Å²) in [5.41, 5.74) is 8.71. The summed E-state index contributed by atoms with van der Waals surface area (Å²) in [6.07, 6.45) is 1.73. The molecule has 2 rings (SSSR count). The molecule has 1 fully saturated rings. The Morgan fingerprint density at radius 2 is 2.00 bits per heavy atom. The van der Waals surface area contributed by atoms with Gasteiger partial charge in [-0.05, 0) is 62.2 Å². The van der Waals surface area contributed by atoms with Crippen LogP contribution in [-0.2, 0) is 4.79 Å². The van der Waals surface area contributed by atoms with E-state index in [1.165, 1.54) is 11.1 Å². The van der Waals surface area contributed by atoms with Crippen molar-refractivity contribution in [3.8, 4) is 0 Å². The van der Waals surface area contributed by atoms with Crippen LogP contribution in [0.1, 0.15) is 24.0 Å². The minimum absolute atomic E-state index is 0.272. The zero-order chi connectivity index (χ0) is 14.0. The maximum atomic E-state index is 11.4. The number of carbonyl (C=O) groups is 1. The summed E-state index contributed by atoms with van der Waals surface area (Å²) < 4.78 is 0. The molecule has 0 bridgehead atoms. The Bertz CT molecular complexity index is 495. The zero-order valence-corrected chi connectivity index (χ0v) is 12.1. The Hall–Kier alpha value is -1.62. The molecule has 0 unspecified atom stereocenters. The minimum Gasteiger partial charge on any atom is -0.368 e. The van der Waals surface area contributed by atoms with Gasteiger partial charge in [0.05, 0.1) is 0 Å². The number of amides is 1. The summed E-state index contributed by atoms with van der Waals surface area (Å²) in [6.45, 7) is 4.87. The number of nitrogens with two attached hydrogens (primary N) is 1. The van der Waals surface area contributed by atoms with Crippen LogP contribution in [0.5, 0.6) is 0 Å². The molecule has 1 aromatic carbocycles. The molecule has 1 aliphatic heterocycles. The highest BCUT2D eigenvalue weighted by Gasteiger charge is 2.30. The van der Waals surface area contributed by atoms with Gasteiger partial charge in [0.25, 0.3) is 0 Å². The third kappa shape index (κ3) is 3.23. The van der Waals surface area contributed by atoms with Crippen molar-refractivity contribution >= 4 is 28.9 Å². The van der Waals surface area contributed by atoms with Gasteiger partial charge >= 0.3 is 0 Å². The molecule has 0 aliphatic carbocycles. The molecule has 0 aromatic heterocycles. The first-order valence-corrected chi connectivity index (χ1v) is 6.83. The molecule has 0 saturated carbocycles. The van der Waals surface area contributed by atoms with E-state index in [-0.39, 0.29) is 11.9 Å². The van der Waals surface area contributed by atoms with Gasteiger partial charge in [-0.1, -0.05) is 6.07 Å². The largest absolute Gasteiger partial charge is 0.368 e. The summed E-state index contributed by atoms with van der Waals surface area (Å²) in [6, 6.07) is 5.91. The standard InChI is InChI=1S/C14H19N3OS/c1-9-6-10(2)8-11(7-9)16-14(19)17-5-3-4-12(17)13(15)18/h6-8,12H,3-5H2,1-2H3,(H2,15,18)(H,16,19)/t12-/m0/s1. The maximum absolute atomic E-state index is 11.4. The maximum Gasteiger partial charge on any atom is 0.240 e. The molecular formula is C14H19N3OS. The molecular weight excluding hydrogens is 258 g/mol. The highest BCUT2D eigenvalue weighted by atomic mass is 32.1. The molecule has 1 atom stereocenters. The summed E-state index contributed by atoms with van der Waals surface area (Å²) in [7, 11) is 0. The first-order chi connectivity index (χ1) is 8.97. The van der Waals surface area contributed by atoms with E-state index in [9.17, 15) is 4.79 Å². The second-order valence-corrected chi connectivity index (χ2v) is 5.45. The third-order valence-corrected chi connectivity index (χ3v) is 3.65. The number of benzene rings is 1. The van der Waals surface area contributed by atoms with Crippen LogP contribution in [0.3, 0.4) is 0 Å². The van der Waals surface area contributed by atoms with Crippen LogP contribution in [0.2, 0.25) is 0 Å². The van der Waals surface area contributed by atoms with Crippen LogP contribution in [0.25, 0.3) is 0 Å². The first-order valence-electron chi connectivity index (χ1n) is 6.42. The summed E-state index contributed by atoms with van der Waals surface area (Å²) in [5.74, 6) is -0.304. The van der Waals surface area contributed by atoms with Gasteiger partial charge < -0.3 is 16.0 Å². The molecule has 0 radical (unpaired) electrons. The molecule has 19 heavy (non-hydrogen) atoms. The molecule has 1 aliphatic rings. The lowest BCUT2D eigenvalue weighted by Crippen LogP contribution is -2.45. The van der Waals surface area contributed by atoms with Crippen LogP contribution in [0, 0.1) is 13.8 Å². The number of primary amides is 1. The lowest BCUT2D eigenvalue weighted by Gasteiger charge is -2.25. The first kappa shape index (κ1) is 13.8. The number of nitrogens with zero attached hydrogens (tertiary/aromatic N) is 1. The number of aryl methyl sites for hydroxylation is 2. The van der Waals surface area contributed by atoms with Crippen LogP contribution in [-0.4, -0.2) is 28.5 Å². The van der Waals surface area contributed by atoms with Gasteiger partial charge in [-0.15, -0.1) is 0 Å². The fraction of sp³-hybridized carbons (Fsp3) is 0.429. The van der Waals surface area contributed by atoms with E-state index in [1.807, 2.05) is 30.9 Å². The topological polar surface area (TPSA) is 58.4 Å². The number of hydrogen-bond donors (Lipinski definition) is 2. The van der Waals surface area contributed by atoms with Crippen molar-refractivity contribution in [1.29, 1.82) is 0 Å². The SMILES string of the molecule is Cc1cc(C)cc(NC(=S)N2CCC[C@H]2C(N)=O)c1. The van der Waals surface area contributed by atoms with E-state index in [1.54, 1.807) is 0 Å². The van der Waals surface area contributed by atoms with E-state index in [0.717, 1.165) is 25.1 Å². The average Bonchev–Trinajstić information content (AvgIpc) is 2.75. The predicted molar refractivity (Wildman–Crippen MR) is 81.1 cm³/mol. The highest BCUT2D eigenvalue weighted by molar-refractivity contribution is 7.80. The Balaban J connectivity index is 2.10. The number of likely N-dealkylation sites (tertiary alicyclic amines) is 1. The quantitative estimate of drug-likeness (QED) is 0.811. The van der Waals surface area contributed by atoms with Crippen LogP contribution in [0.4, 0.5) is 5.69 Å².